The van der Waals surface area contributed by atoms with Crippen LogP contribution in [0.4, 0.5) is 5.69 Å². The van der Waals surface area contributed by atoms with Crippen molar-refractivity contribution in [1.29, 1.82) is 0 Å². The first-order chi connectivity index (χ1) is 28.2. The lowest BCUT2D eigenvalue weighted by atomic mass is 10.0. The minimum Gasteiger partial charge on any atom is -0.455 e. The van der Waals surface area contributed by atoms with Crippen molar-refractivity contribution in [3.05, 3.63) is 187 Å². The van der Waals surface area contributed by atoms with Crippen LogP contribution in [0.1, 0.15) is 0 Å². The predicted molar refractivity (Wildman–Crippen MR) is 225 cm³/mol. The van der Waals surface area contributed by atoms with Crippen LogP contribution in [-0.2, 0) is 0 Å². The molecule has 0 saturated heterocycles. The normalized spacial score (nSPS) is 11.1. The topological polar surface area (TPSA) is 94.8 Å². The third-order valence-corrected chi connectivity index (χ3v) is 9.84. The molecule has 8 heteroatoms. The Morgan fingerprint density at radius 2 is 0.754 bits per heavy atom. The molecule has 0 N–H and O–H groups in total. The first kappa shape index (κ1) is 33.4. The van der Waals surface area contributed by atoms with Gasteiger partial charge in [-0.3, -0.25) is 0 Å². The van der Waals surface area contributed by atoms with Gasteiger partial charge in [-0.2, -0.15) is 0 Å². The van der Waals surface area contributed by atoms with Crippen molar-refractivity contribution in [2.24, 2.45) is 0 Å². The molecule has 0 aliphatic carbocycles. The number of hydrogen-bond donors (Lipinski definition) is 0. The summed E-state index contributed by atoms with van der Waals surface area (Å²) in [5.41, 5.74) is 9.07. The van der Waals surface area contributed by atoms with Gasteiger partial charge in [-0.25, -0.2) is 34.7 Å². The zero-order chi connectivity index (χ0) is 38.1. The molecular weight excluding hydrogens is 703 g/mol. The van der Waals surface area contributed by atoms with Crippen LogP contribution in [0.3, 0.4) is 0 Å². The first-order valence-electron chi connectivity index (χ1n) is 18.4. The molecule has 8 nitrogen and oxygen atoms in total. The molecule has 7 aromatic carbocycles. The zero-order valence-electron chi connectivity index (χ0n) is 30.3. The summed E-state index contributed by atoms with van der Waals surface area (Å²) in [4.78, 5) is 33.5. The molecule has 0 spiro atoms. The highest BCUT2D eigenvalue weighted by Crippen LogP contribution is 2.40. The predicted octanol–water partition coefficient (Wildman–Crippen LogP) is 12.2. The molecule has 3 aromatic heterocycles. The number of fused-ring (bicyclic) bond motifs is 3. The summed E-state index contributed by atoms with van der Waals surface area (Å²) < 4.78 is 6.71. The van der Waals surface area contributed by atoms with Gasteiger partial charge in [0, 0.05) is 38.6 Å². The van der Waals surface area contributed by atoms with E-state index in [1.807, 2.05) is 170 Å². The molecule has 0 atom stereocenters. The monoisotopic (exact) mass is 731 g/mol. The summed E-state index contributed by atoms with van der Waals surface area (Å²) in [6.07, 6.45) is 0. The van der Waals surface area contributed by atoms with Crippen LogP contribution < -0.4 is 0 Å². The van der Waals surface area contributed by atoms with E-state index in [1.54, 1.807) is 0 Å². The van der Waals surface area contributed by atoms with Gasteiger partial charge in [0.15, 0.2) is 40.6 Å². The summed E-state index contributed by atoms with van der Waals surface area (Å²) in [6.45, 7) is 7.28. The SMILES string of the molecule is [C-]#[N+]c1ccc(-c2ccc(-c3nc(-c4ccccc4)nc(-c4cccc5c4oc4cccc(-c6nc(-c7ccccc7)nc(-c7ccccc7)n6)c45)n3)cc2)cc1. The number of nitrogens with zero attached hydrogens (tertiary/aromatic N) is 7. The van der Waals surface area contributed by atoms with E-state index in [9.17, 15) is 0 Å². The minimum atomic E-state index is 0.488. The fourth-order valence-corrected chi connectivity index (χ4v) is 7.02. The van der Waals surface area contributed by atoms with Gasteiger partial charge in [-0.1, -0.05) is 164 Å². The first-order valence-corrected chi connectivity index (χ1v) is 18.4. The highest BCUT2D eigenvalue weighted by Gasteiger charge is 2.21. The average Bonchev–Trinajstić information content (AvgIpc) is 3.69. The van der Waals surface area contributed by atoms with Gasteiger partial charge in [0.25, 0.3) is 0 Å². The lowest BCUT2D eigenvalue weighted by molar-refractivity contribution is 0.669. The summed E-state index contributed by atoms with van der Waals surface area (Å²) in [5, 5.41) is 1.77. The van der Waals surface area contributed by atoms with Crippen molar-refractivity contribution in [3.63, 3.8) is 0 Å². The molecule has 10 rings (SSSR count). The van der Waals surface area contributed by atoms with Crippen LogP contribution in [0.2, 0.25) is 0 Å². The second-order valence-electron chi connectivity index (χ2n) is 13.4. The van der Waals surface area contributed by atoms with Crippen molar-refractivity contribution in [1.82, 2.24) is 29.9 Å². The summed E-state index contributed by atoms with van der Waals surface area (Å²) in [5.74, 6) is 3.29. The molecule has 266 valence electrons. The van der Waals surface area contributed by atoms with Crippen LogP contribution >= 0.6 is 0 Å². The fraction of sp³-hybridized carbons (Fsp3) is 0. The largest absolute Gasteiger partial charge is 0.455 e. The van der Waals surface area contributed by atoms with Gasteiger partial charge < -0.3 is 4.42 Å². The maximum atomic E-state index is 7.28. The molecule has 0 fully saturated rings. The standard InChI is InChI=1S/C49H29N7O/c1-50-37-29-27-32(28-30-37)31-23-25-36(26-24-31)47-52-46(35-17-9-4-10-18-35)55-49(56-47)40-21-11-19-38-42-39(20-12-22-41(42)57-43(38)40)48-53-44(33-13-5-2-6-14-33)51-45(54-48)34-15-7-3-8-16-34/h2-30H. The van der Waals surface area contributed by atoms with E-state index in [0.717, 1.165) is 55.3 Å². The Bertz CT molecular complexity index is 3050. The summed E-state index contributed by atoms with van der Waals surface area (Å²) in [7, 11) is 0. The summed E-state index contributed by atoms with van der Waals surface area (Å²) >= 11 is 0. The Morgan fingerprint density at radius 3 is 1.26 bits per heavy atom. The highest BCUT2D eigenvalue weighted by atomic mass is 16.3. The van der Waals surface area contributed by atoms with Crippen molar-refractivity contribution < 1.29 is 4.42 Å². The van der Waals surface area contributed by atoms with E-state index in [2.05, 4.69) is 10.9 Å². The van der Waals surface area contributed by atoms with E-state index < -0.39 is 0 Å². The Kier molecular flexibility index (Phi) is 8.36. The number of aromatic nitrogens is 6. The molecule has 0 aliphatic rings. The Morgan fingerprint density at radius 1 is 0.351 bits per heavy atom. The minimum absolute atomic E-state index is 0.488. The third kappa shape index (κ3) is 6.35. The molecule has 0 radical (unpaired) electrons. The summed E-state index contributed by atoms with van der Waals surface area (Å²) in [6, 6.07) is 57.5. The molecule has 0 saturated carbocycles. The lowest BCUT2D eigenvalue weighted by Gasteiger charge is -2.10. The maximum absolute atomic E-state index is 7.28. The lowest BCUT2D eigenvalue weighted by Crippen LogP contribution is -2.00. The molecule has 0 bridgehead atoms. The number of benzene rings is 7. The Labute approximate surface area is 327 Å². The van der Waals surface area contributed by atoms with Crippen molar-refractivity contribution in [2.45, 2.75) is 0 Å². The smallest absolute Gasteiger partial charge is 0.187 e. The molecule has 0 aliphatic heterocycles. The van der Waals surface area contributed by atoms with Crippen LogP contribution in [-0.4, -0.2) is 29.9 Å². The van der Waals surface area contributed by atoms with Crippen molar-refractivity contribution in [3.8, 4) is 79.5 Å². The maximum Gasteiger partial charge on any atom is 0.187 e. The Balaban J connectivity index is 1.13. The van der Waals surface area contributed by atoms with E-state index in [1.165, 1.54) is 0 Å². The van der Waals surface area contributed by atoms with Gasteiger partial charge in [-0.15, -0.1) is 0 Å². The van der Waals surface area contributed by atoms with Crippen LogP contribution in [0.5, 0.6) is 0 Å². The second-order valence-corrected chi connectivity index (χ2v) is 13.4. The highest BCUT2D eigenvalue weighted by molar-refractivity contribution is 6.14. The van der Waals surface area contributed by atoms with Gasteiger partial charge >= 0.3 is 0 Å². The number of para-hydroxylation sites is 1. The second kappa shape index (κ2) is 14.3. The molecule has 10 aromatic rings. The van der Waals surface area contributed by atoms with E-state index in [0.29, 0.717) is 51.8 Å². The number of hydrogen-bond acceptors (Lipinski definition) is 7. The zero-order valence-corrected chi connectivity index (χ0v) is 30.3. The third-order valence-electron chi connectivity index (χ3n) is 9.84. The molecule has 0 unspecified atom stereocenters. The van der Waals surface area contributed by atoms with Crippen LogP contribution in [0.15, 0.2) is 180 Å². The van der Waals surface area contributed by atoms with Crippen molar-refractivity contribution in [2.75, 3.05) is 0 Å². The van der Waals surface area contributed by atoms with E-state index in [4.69, 9.17) is 40.9 Å². The Hall–Kier alpha value is -8.15. The van der Waals surface area contributed by atoms with Crippen LogP contribution in [0.25, 0.3) is 106 Å². The van der Waals surface area contributed by atoms with Crippen molar-refractivity contribution >= 4 is 27.6 Å². The number of rotatable bonds is 7. The van der Waals surface area contributed by atoms with Crippen LogP contribution in [0, 0.1) is 6.57 Å². The van der Waals surface area contributed by atoms with E-state index in [-0.39, 0.29) is 0 Å². The number of furan rings is 1. The fourth-order valence-electron chi connectivity index (χ4n) is 7.02. The molecule has 3 heterocycles. The van der Waals surface area contributed by atoms with Gasteiger partial charge in [-0.05, 0) is 23.3 Å². The van der Waals surface area contributed by atoms with Gasteiger partial charge in [0.05, 0.1) is 12.1 Å². The molecule has 57 heavy (non-hydrogen) atoms. The molecule has 0 amide bonds. The van der Waals surface area contributed by atoms with E-state index >= 15 is 0 Å². The van der Waals surface area contributed by atoms with Gasteiger partial charge in [0.1, 0.15) is 11.2 Å². The molecular formula is C49H29N7O. The van der Waals surface area contributed by atoms with Gasteiger partial charge in [0.2, 0.25) is 0 Å². The quantitative estimate of drug-likeness (QED) is 0.151. The average molecular weight is 732 g/mol.